The van der Waals surface area contributed by atoms with Crippen molar-refractivity contribution < 1.29 is 82.9 Å². The number of esters is 2. The zero-order valence-electron chi connectivity index (χ0n) is 24.7. The highest BCUT2D eigenvalue weighted by Gasteiger charge is 2.47. The third-order valence-electron chi connectivity index (χ3n) is 7.67. The van der Waals surface area contributed by atoms with Crippen LogP contribution in [0.4, 0.5) is 0 Å². The molecule has 0 radical (unpaired) electrons. The Kier molecular flexibility index (Phi) is 10.0. The van der Waals surface area contributed by atoms with E-state index in [1.807, 2.05) is 0 Å². The smallest absolute Gasteiger partial charge is 0.338 e. The van der Waals surface area contributed by atoms with Crippen molar-refractivity contribution in [3.05, 3.63) is 41.5 Å². The predicted molar refractivity (Wildman–Crippen MR) is 148 cm³/mol. The van der Waals surface area contributed by atoms with Gasteiger partial charge in [0.15, 0.2) is 23.0 Å². The van der Waals surface area contributed by atoms with Gasteiger partial charge >= 0.3 is 11.9 Å². The lowest BCUT2D eigenvalue weighted by Gasteiger charge is -2.40. The van der Waals surface area contributed by atoms with Gasteiger partial charge in [0.2, 0.25) is 18.3 Å². The van der Waals surface area contributed by atoms with Crippen molar-refractivity contribution in [3.63, 3.8) is 0 Å². The quantitative estimate of drug-likeness (QED) is 0.198. The van der Waals surface area contributed by atoms with E-state index >= 15 is 0 Å². The summed E-state index contributed by atoms with van der Waals surface area (Å²) >= 11 is 0. The number of carbonyl (C=O) groups is 2. The molecule has 2 aromatic rings. The number of rotatable bonds is 3. The molecule has 0 amide bonds. The lowest BCUT2D eigenvalue weighted by atomic mass is 9.99. The molecular weight excluding hydrogens is 620 g/mol. The lowest BCUT2D eigenvalue weighted by Crippen LogP contribution is -2.60. The lowest BCUT2D eigenvalue weighted by molar-refractivity contribution is -0.277. The highest BCUT2D eigenvalue weighted by molar-refractivity contribution is 5.91. The summed E-state index contributed by atoms with van der Waals surface area (Å²) in [4.78, 5) is 26.0. The van der Waals surface area contributed by atoms with Crippen molar-refractivity contribution in [1.82, 2.24) is 0 Å². The molecule has 10 atom stereocenters. The first kappa shape index (κ1) is 33.4. The second-order valence-corrected chi connectivity index (χ2v) is 10.5. The van der Waals surface area contributed by atoms with Gasteiger partial charge in [0, 0.05) is 0 Å². The predicted octanol–water partition coefficient (Wildman–Crippen LogP) is -1.89. The van der Waals surface area contributed by atoms with Crippen LogP contribution in [0.1, 0.15) is 20.7 Å². The molecular formula is C29H34O17. The fourth-order valence-corrected chi connectivity index (χ4v) is 5.03. The summed E-state index contributed by atoms with van der Waals surface area (Å²) in [5.41, 5.74) is -0.151. The van der Waals surface area contributed by atoms with E-state index in [9.17, 15) is 40.2 Å². The molecule has 6 heterocycles. The van der Waals surface area contributed by atoms with Crippen molar-refractivity contribution in [2.75, 3.05) is 34.5 Å². The van der Waals surface area contributed by atoms with Crippen LogP contribution >= 0.6 is 0 Å². The zero-order valence-corrected chi connectivity index (χ0v) is 24.7. The van der Waals surface area contributed by atoms with E-state index in [-0.39, 0.29) is 39.9 Å². The van der Waals surface area contributed by atoms with Crippen LogP contribution in [-0.4, -0.2) is 139 Å². The Morgan fingerprint density at radius 3 is 1.54 bits per heavy atom. The van der Waals surface area contributed by atoms with Crippen LogP contribution in [0.15, 0.2) is 30.3 Å². The molecule has 17 heteroatoms. The SMILES string of the molecule is COc1cc2ccc1O[C@@H]1O[C@H](COC(=O)c3cc(OC)c(c(OC)c3)O[C@@H]3O[C@H](COC2=O)[C@@H](O)[C@H](O)[C@H]3O)[C@@H](O)[C@H](O)[C@H]1O. The first-order valence-electron chi connectivity index (χ1n) is 14.0. The first-order valence-corrected chi connectivity index (χ1v) is 14.0. The molecule has 6 aliphatic heterocycles. The third-order valence-corrected chi connectivity index (χ3v) is 7.67. The van der Waals surface area contributed by atoms with Crippen molar-refractivity contribution in [1.29, 1.82) is 0 Å². The van der Waals surface area contributed by atoms with Crippen LogP contribution in [0.5, 0.6) is 28.7 Å². The molecule has 0 aliphatic carbocycles. The van der Waals surface area contributed by atoms with E-state index in [4.69, 9.17) is 42.6 Å². The maximum absolute atomic E-state index is 13.1. The summed E-state index contributed by atoms with van der Waals surface area (Å²) in [5, 5.41) is 63.3. The highest BCUT2D eigenvalue weighted by atomic mass is 16.7. The van der Waals surface area contributed by atoms with Gasteiger partial charge in [-0.2, -0.15) is 0 Å². The molecule has 8 bridgehead atoms. The fourth-order valence-electron chi connectivity index (χ4n) is 5.03. The zero-order chi connectivity index (χ0) is 33.3. The average molecular weight is 655 g/mol. The molecule has 0 aromatic heterocycles. The van der Waals surface area contributed by atoms with Gasteiger partial charge in [0.05, 0.1) is 32.5 Å². The van der Waals surface area contributed by atoms with Crippen LogP contribution in [0.2, 0.25) is 0 Å². The average Bonchev–Trinajstić information content (AvgIpc) is 3.06. The number of ether oxygens (including phenoxy) is 9. The van der Waals surface area contributed by atoms with Gasteiger partial charge in [-0.1, -0.05) is 0 Å². The Morgan fingerprint density at radius 1 is 0.587 bits per heavy atom. The van der Waals surface area contributed by atoms with Crippen molar-refractivity contribution in [2.45, 2.75) is 61.4 Å². The number of hydrogen-bond acceptors (Lipinski definition) is 17. The molecule has 8 rings (SSSR count). The molecule has 252 valence electrons. The number of hydrogen-bond donors (Lipinski definition) is 6. The summed E-state index contributed by atoms with van der Waals surface area (Å²) in [5.74, 6) is -2.23. The van der Waals surface area contributed by atoms with Crippen LogP contribution in [0, 0.1) is 0 Å². The molecule has 6 aliphatic rings. The van der Waals surface area contributed by atoms with Gasteiger partial charge in [0.1, 0.15) is 62.0 Å². The Hall–Kier alpha value is -3.94. The maximum Gasteiger partial charge on any atom is 0.338 e. The molecule has 6 N–H and O–H groups in total. The summed E-state index contributed by atoms with van der Waals surface area (Å²) in [6.45, 7) is -1.19. The molecule has 0 spiro atoms. The Labute approximate surface area is 261 Å². The number of aliphatic hydroxyl groups excluding tert-OH is 6. The molecule has 0 saturated carbocycles. The van der Waals surface area contributed by atoms with Gasteiger partial charge in [-0.05, 0) is 30.3 Å². The van der Waals surface area contributed by atoms with E-state index < -0.39 is 86.6 Å². The van der Waals surface area contributed by atoms with Crippen molar-refractivity contribution >= 4 is 11.9 Å². The van der Waals surface area contributed by atoms with Crippen LogP contribution in [0.3, 0.4) is 0 Å². The molecule has 2 fully saturated rings. The monoisotopic (exact) mass is 654 g/mol. The highest BCUT2D eigenvalue weighted by Crippen LogP contribution is 2.41. The molecule has 2 saturated heterocycles. The standard InChI is InChI=1S/C29H34O17/c1-38-14-6-11-4-5-13(14)43-28-23(34)21(32)19(30)17(44-28)10-42-27(37)12-7-15(39-2)25(16(8-12)40-3)46-29-24(35)22(33)20(31)18(45-29)9-41-26(11)36/h4-8,17-24,28-35H,9-10H2,1-3H3/t17-,18-,19-,20-,21+,22+,23-,24-,28-,29+/m1/s1. The normalized spacial score (nSPS) is 33.3. The van der Waals surface area contributed by atoms with E-state index in [0.29, 0.717) is 0 Å². The maximum atomic E-state index is 13.1. The summed E-state index contributed by atoms with van der Waals surface area (Å²) < 4.78 is 49.5. The fraction of sp³-hybridized carbons (Fsp3) is 0.517. The van der Waals surface area contributed by atoms with Crippen LogP contribution in [0.25, 0.3) is 0 Å². The minimum absolute atomic E-state index is 0.0112. The van der Waals surface area contributed by atoms with Gasteiger partial charge in [-0.3, -0.25) is 0 Å². The van der Waals surface area contributed by atoms with E-state index in [1.165, 1.54) is 51.7 Å². The summed E-state index contributed by atoms with van der Waals surface area (Å²) in [7, 11) is 3.77. The number of carbonyl (C=O) groups excluding carboxylic acids is 2. The van der Waals surface area contributed by atoms with E-state index in [2.05, 4.69) is 0 Å². The van der Waals surface area contributed by atoms with Crippen LogP contribution in [-0.2, 0) is 18.9 Å². The van der Waals surface area contributed by atoms with Gasteiger partial charge < -0.3 is 73.3 Å². The number of benzene rings is 2. The molecule has 2 aromatic carbocycles. The molecule has 17 nitrogen and oxygen atoms in total. The van der Waals surface area contributed by atoms with Gasteiger partial charge in [-0.25, -0.2) is 9.59 Å². The second-order valence-electron chi connectivity index (χ2n) is 10.5. The van der Waals surface area contributed by atoms with E-state index in [0.717, 1.165) is 0 Å². The van der Waals surface area contributed by atoms with Gasteiger partial charge in [0.25, 0.3) is 0 Å². The van der Waals surface area contributed by atoms with Crippen LogP contribution < -0.4 is 23.7 Å². The summed E-state index contributed by atoms with van der Waals surface area (Å²) in [6, 6.07) is 6.25. The van der Waals surface area contributed by atoms with Gasteiger partial charge in [-0.15, -0.1) is 0 Å². The Balaban J connectivity index is 1.52. The Bertz CT molecular complexity index is 1390. The van der Waals surface area contributed by atoms with Crippen molar-refractivity contribution in [2.24, 2.45) is 0 Å². The molecule has 0 unspecified atom stereocenters. The second kappa shape index (κ2) is 13.8. The molecule has 46 heavy (non-hydrogen) atoms. The first-order chi connectivity index (χ1) is 22.0. The minimum atomic E-state index is -1.79. The minimum Gasteiger partial charge on any atom is -0.493 e. The Morgan fingerprint density at radius 2 is 1.04 bits per heavy atom. The topological polar surface area (TPSA) is 239 Å². The van der Waals surface area contributed by atoms with Crippen molar-refractivity contribution in [3.8, 4) is 28.7 Å². The van der Waals surface area contributed by atoms with E-state index in [1.54, 1.807) is 0 Å². The summed E-state index contributed by atoms with van der Waals surface area (Å²) in [6.07, 6.45) is -16.4. The number of aliphatic hydroxyl groups is 6. The number of methoxy groups -OCH3 is 3. The largest absolute Gasteiger partial charge is 0.493 e. The third kappa shape index (κ3) is 6.49.